The summed E-state index contributed by atoms with van der Waals surface area (Å²) in [6.07, 6.45) is 0. The maximum Gasteiger partial charge on any atom is 0.359 e. The Kier molecular flexibility index (Phi) is 3.76. The number of carbonyl (C=O) groups excluding carboxylic acids is 1. The standard InChI is InChI=1S/C16H13N3O4/c1-2-23-16(20)15-13-8-5-11(9-14(13)17-18-15)10-3-6-12(7-4-10)19(21)22/h3-9H,2H2,1H3,(H,17,18). The molecular weight excluding hydrogens is 298 g/mol. The van der Waals surface area contributed by atoms with Gasteiger partial charge in [-0.25, -0.2) is 4.79 Å². The van der Waals surface area contributed by atoms with Gasteiger partial charge in [-0.05, 0) is 42.3 Å². The Morgan fingerprint density at radius 3 is 2.57 bits per heavy atom. The van der Waals surface area contributed by atoms with Crippen LogP contribution in [0.3, 0.4) is 0 Å². The molecule has 1 N–H and O–H groups in total. The molecule has 0 atom stereocenters. The first-order valence-electron chi connectivity index (χ1n) is 7.00. The zero-order valence-corrected chi connectivity index (χ0v) is 12.3. The summed E-state index contributed by atoms with van der Waals surface area (Å²) in [6.45, 7) is 2.02. The first-order chi connectivity index (χ1) is 11.1. The lowest BCUT2D eigenvalue weighted by atomic mass is 10.0. The summed E-state index contributed by atoms with van der Waals surface area (Å²) in [5, 5.41) is 18.2. The van der Waals surface area contributed by atoms with Crippen LogP contribution in [0.4, 0.5) is 5.69 Å². The molecule has 1 aromatic heterocycles. The highest BCUT2D eigenvalue weighted by Gasteiger charge is 2.15. The van der Waals surface area contributed by atoms with Crippen molar-refractivity contribution < 1.29 is 14.5 Å². The van der Waals surface area contributed by atoms with Gasteiger partial charge in [0, 0.05) is 17.5 Å². The van der Waals surface area contributed by atoms with Gasteiger partial charge in [-0.2, -0.15) is 5.10 Å². The number of fused-ring (bicyclic) bond motifs is 1. The van der Waals surface area contributed by atoms with Gasteiger partial charge in [0.15, 0.2) is 5.69 Å². The molecule has 0 fully saturated rings. The van der Waals surface area contributed by atoms with Gasteiger partial charge in [0.2, 0.25) is 0 Å². The number of aromatic amines is 1. The second-order valence-electron chi connectivity index (χ2n) is 4.86. The molecule has 116 valence electrons. The van der Waals surface area contributed by atoms with E-state index >= 15 is 0 Å². The normalized spacial score (nSPS) is 10.7. The van der Waals surface area contributed by atoms with E-state index in [0.29, 0.717) is 10.9 Å². The number of nitro benzene ring substituents is 1. The number of nitrogens with zero attached hydrogens (tertiary/aromatic N) is 2. The highest BCUT2D eigenvalue weighted by molar-refractivity contribution is 6.02. The fourth-order valence-electron chi connectivity index (χ4n) is 2.33. The van der Waals surface area contributed by atoms with Crippen molar-refractivity contribution in [3.05, 3.63) is 58.3 Å². The van der Waals surface area contributed by atoms with Gasteiger partial charge < -0.3 is 4.74 Å². The van der Waals surface area contributed by atoms with Crippen molar-refractivity contribution in [2.75, 3.05) is 6.61 Å². The third-order valence-corrected chi connectivity index (χ3v) is 3.44. The lowest BCUT2D eigenvalue weighted by Crippen LogP contribution is -2.05. The van der Waals surface area contributed by atoms with Crippen LogP contribution in [0.5, 0.6) is 0 Å². The number of aromatic nitrogens is 2. The number of hydrogen-bond donors (Lipinski definition) is 1. The van der Waals surface area contributed by atoms with Crippen molar-refractivity contribution in [3.63, 3.8) is 0 Å². The summed E-state index contributed by atoms with van der Waals surface area (Å²) in [5.41, 5.74) is 2.69. The molecule has 2 aromatic carbocycles. The van der Waals surface area contributed by atoms with Crippen LogP contribution >= 0.6 is 0 Å². The third-order valence-electron chi connectivity index (χ3n) is 3.44. The molecule has 0 radical (unpaired) electrons. The Labute approximate surface area is 131 Å². The van der Waals surface area contributed by atoms with Gasteiger partial charge in [-0.15, -0.1) is 0 Å². The van der Waals surface area contributed by atoms with Gasteiger partial charge >= 0.3 is 5.97 Å². The number of non-ortho nitro benzene ring substituents is 1. The summed E-state index contributed by atoms with van der Waals surface area (Å²) >= 11 is 0. The molecule has 0 spiro atoms. The Hall–Kier alpha value is -3.22. The highest BCUT2D eigenvalue weighted by atomic mass is 16.6. The fraction of sp³-hybridized carbons (Fsp3) is 0.125. The molecule has 7 heteroatoms. The van der Waals surface area contributed by atoms with Crippen molar-refractivity contribution in [2.45, 2.75) is 6.92 Å². The number of H-pyrrole nitrogens is 1. The van der Waals surface area contributed by atoms with Crippen LogP contribution in [-0.4, -0.2) is 27.7 Å². The zero-order chi connectivity index (χ0) is 16.4. The van der Waals surface area contributed by atoms with E-state index < -0.39 is 10.9 Å². The largest absolute Gasteiger partial charge is 0.461 e. The molecule has 0 amide bonds. The third kappa shape index (κ3) is 2.76. The Morgan fingerprint density at radius 2 is 1.91 bits per heavy atom. The Bertz CT molecular complexity index is 884. The van der Waals surface area contributed by atoms with E-state index in [2.05, 4.69) is 10.2 Å². The second-order valence-corrected chi connectivity index (χ2v) is 4.86. The van der Waals surface area contributed by atoms with Crippen LogP contribution in [-0.2, 0) is 4.74 Å². The van der Waals surface area contributed by atoms with E-state index in [-0.39, 0.29) is 18.0 Å². The van der Waals surface area contributed by atoms with Crippen molar-refractivity contribution in [1.29, 1.82) is 0 Å². The smallest absolute Gasteiger partial charge is 0.359 e. The zero-order valence-electron chi connectivity index (χ0n) is 12.3. The molecule has 0 saturated heterocycles. The lowest BCUT2D eigenvalue weighted by molar-refractivity contribution is -0.384. The molecule has 0 aliphatic rings. The molecule has 0 saturated carbocycles. The minimum Gasteiger partial charge on any atom is -0.461 e. The Morgan fingerprint density at radius 1 is 1.22 bits per heavy atom. The topological polar surface area (TPSA) is 98.1 Å². The second kappa shape index (κ2) is 5.88. The summed E-state index contributed by atoms with van der Waals surface area (Å²) in [5.74, 6) is -0.471. The number of hydrogen-bond acceptors (Lipinski definition) is 5. The van der Waals surface area contributed by atoms with E-state index in [0.717, 1.165) is 11.1 Å². The number of rotatable bonds is 4. The van der Waals surface area contributed by atoms with Gasteiger partial charge in [0.1, 0.15) is 0 Å². The van der Waals surface area contributed by atoms with Gasteiger partial charge in [-0.3, -0.25) is 15.2 Å². The van der Waals surface area contributed by atoms with Crippen molar-refractivity contribution in [1.82, 2.24) is 10.2 Å². The summed E-state index contributed by atoms with van der Waals surface area (Å²) in [4.78, 5) is 22.1. The SMILES string of the molecule is CCOC(=O)c1n[nH]c2cc(-c3ccc([N+](=O)[O-])cc3)ccc12. The molecule has 3 aromatic rings. The highest BCUT2D eigenvalue weighted by Crippen LogP contribution is 2.26. The minimum atomic E-state index is -0.471. The number of ether oxygens (including phenoxy) is 1. The lowest BCUT2D eigenvalue weighted by Gasteiger charge is -2.02. The molecule has 0 bridgehead atoms. The number of carbonyl (C=O) groups is 1. The van der Waals surface area contributed by atoms with Crippen LogP contribution in [0.25, 0.3) is 22.0 Å². The minimum absolute atomic E-state index is 0.0426. The van der Waals surface area contributed by atoms with Crippen molar-refractivity contribution in [3.8, 4) is 11.1 Å². The molecule has 0 aliphatic heterocycles. The monoisotopic (exact) mass is 311 g/mol. The molecule has 23 heavy (non-hydrogen) atoms. The van der Waals surface area contributed by atoms with Crippen LogP contribution in [0.15, 0.2) is 42.5 Å². The summed E-state index contributed by atoms with van der Waals surface area (Å²) in [7, 11) is 0. The van der Waals surface area contributed by atoms with E-state index in [4.69, 9.17) is 4.74 Å². The molecular formula is C16H13N3O4. The van der Waals surface area contributed by atoms with Crippen molar-refractivity contribution in [2.24, 2.45) is 0 Å². The first kappa shape index (κ1) is 14.7. The van der Waals surface area contributed by atoms with Gasteiger partial charge in [0.05, 0.1) is 17.0 Å². The van der Waals surface area contributed by atoms with E-state index in [1.807, 2.05) is 12.1 Å². The molecule has 0 aliphatic carbocycles. The van der Waals surface area contributed by atoms with Crippen molar-refractivity contribution >= 4 is 22.6 Å². The number of nitrogens with one attached hydrogen (secondary N) is 1. The molecule has 0 unspecified atom stereocenters. The maximum atomic E-state index is 11.8. The van der Waals surface area contributed by atoms with Gasteiger partial charge in [0.25, 0.3) is 5.69 Å². The predicted octanol–water partition coefficient (Wildman–Crippen LogP) is 3.31. The van der Waals surface area contributed by atoms with Gasteiger partial charge in [-0.1, -0.05) is 6.07 Å². The summed E-state index contributed by atoms with van der Waals surface area (Å²) in [6, 6.07) is 11.7. The Balaban J connectivity index is 1.97. The molecule has 1 heterocycles. The van der Waals surface area contributed by atoms with E-state index in [1.54, 1.807) is 25.1 Å². The average molecular weight is 311 g/mol. The fourth-order valence-corrected chi connectivity index (χ4v) is 2.33. The molecule has 3 rings (SSSR count). The van der Waals surface area contributed by atoms with E-state index in [9.17, 15) is 14.9 Å². The van der Waals surface area contributed by atoms with Crippen LogP contribution in [0, 0.1) is 10.1 Å². The quantitative estimate of drug-likeness (QED) is 0.453. The number of benzene rings is 2. The average Bonchev–Trinajstić information content (AvgIpc) is 2.98. The van der Waals surface area contributed by atoms with Crippen LogP contribution in [0.2, 0.25) is 0 Å². The van der Waals surface area contributed by atoms with E-state index in [1.165, 1.54) is 12.1 Å². The molecule has 7 nitrogen and oxygen atoms in total. The summed E-state index contributed by atoms with van der Waals surface area (Å²) < 4.78 is 4.96. The number of nitro groups is 1. The first-order valence-corrected chi connectivity index (χ1v) is 7.00. The number of esters is 1. The van der Waals surface area contributed by atoms with Crippen LogP contribution < -0.4 is 0 Å². The predicted molar refractivity (Wildman–Crippen MR) is 84.1 cm³/mol. The van der Waals surface area contributed by atoms with Crippen LogP contribution in [0.1, 0.15) is 17.4 Å². The maximum absolute atomic E-state index is 11.8.